The molecule has 0 saturated heterocycles. The Labute approximate surface area is 92.4 Å². The highest BCUT2D eigenvalue weighted by atomic mass is 16.4. The van der Waals surface area contributed by atoms with Gasteiger partial charge in [0.05, 0.1) is 0 Å². The molecule has 0 aliphatic heterocycles. The predicted octanol–water partition coefficient (Wildman–Crippen LogP) is 3.62. The summed E-state index contributed by atoms with van der Waals surface area (Å²) in [6, 6.07) is 0. The van der Waals surface area contributed by atoms with E-state index in [1.807, 2.05) is 0 Å². The molecule has 0 atom stereocenters. The van der Waals surface area contributed by atoms with Crippen LogP contribution in [0.1, 0.15) is 51.4 Å². The van der Waals surface area contributed by atoms with E-state index in [0.717, 1.165) is 17.9 Å². The van der Waals surface area contributed by atoms with Crippen molar-refractivity contribution in [3.63, 3.8) is 0 Å². The Morgan fingerprint density at radius 1 is 1.00 bits per heavy atom. The minimum absolute atomic E-state index is 0.833. The van der Waals surface area contributed by atoms with Gasteiger partial charge in [0.2, 0.25) is 0 Å². The third-order valence-electron chi connectivity index (χ3n) is 3.64. The number of aliphatic carboxylic acids is 1. The normalized spacial score (nSPS) is 22.1. The Kier molecular flexibility index (Phi) is 5.44. The fourth-order valence-electron chi connectivity index (χ4n) is 2.86. The van der Waals surface area contributed by atoms with Crippen molar-refractivity contribution in [3.8, 4) is 0 Å². The van der Waals surface area contributed by atoms with E-state index in [1.54, 1.807) is 25.7 Å². The van der Waals surface area contributed by atoms with Crippen LogP contribution in [-0.2, 0) is 4.79 Å². The first kappa shape index (κ1) is 12.3. The van der Waals surface area contributed by atoms with Gasteiger partial charge in [-0.15, -0.1) is 0 Å². The molecule has 86 valence electrons. The predicted molar refractivity (Wildman–Crippen MR) is 61.7 cm³/mol. The number of carboxylic acid groups (broad SMARTS) is 1. The summed E-state index contributed by atoms with van der Waals surface area (Å²) in [5.41, 5.74) is 0. The molecule has 0 spiro atoms. The monoisotopic (exact) mass is 210 g/mol. The molecule has 0 radical (unpaired) electrons. The Balaban J connectivity index is 0.000000195. The van der Waals surface area contributed by atoms with Crippen molar-refractivity contribution < 1.29 is 9.90 Å². The van der Waals surface area contributed by atoms with E-state index >= 15 is 0 Å². The van der Waals surface area contributed by atoms with Crippen LogP contribution in [0.25, 0.3) is 0 Å². The second-order valence-corrected chi connectivity index (χ2v) is 4.63. The maximum atomic E-state index is 9.25. The van der Waals surface area contributed by atoms with Gasteiger partial charge in [0.25, 0.3) is 0 Å². The van der Waals surface area contributed by atoms with Crippen LogP contribution >= 0.6 is 0 Å². The summed E-state index contributed by atoms with van der Waals surface area (Å²) >= 11 is 0. The molecule has 2 saturated carbocycles. The lowest BCUT2D eigenvalue weighted by Gasteiger charge is -2.16. The highest BCUT2D eigenvalue weighted by Crippen LogP contribution is 2.39. The van der Waals surface area contributed by atoms with Crippen LogP contribution in [-0.4, -0.2) is 11.1 Å². The Bertz CT molecular complexity index is 185. The zero-order chi connectivity index (χ0) is 11.1. The Morgan fingerprint density at radius 2 is 1.27 bits per heavy atom. The molecule has 0 aromatic carbocycles. The van der Waals surface area contributed by atoms with Gasteiger partial charge in [-0.25, -0.2) is 4.79 Å². The van der Waals surface area contributed by atoms with Crippen LogP contribution in [0.2, 0.25) is 0 Å². The van der Waals surface area contributed by atoms with Crippen molar-refractivity contribution >= 4 is 5.97 Å². The summed E-state index contributed by atoms with van der Waals surface area (Å²) < 4.78 is 0. The minimum Gasteiger partial charge on any atom is -0.478 e. The lowest BCUT2D eigenvalue weighted by atomic mass is 9.90. The van der Waals surface area contributed by atoms with Crippen LogP contribution in [0.5, 0.6) is 0 Å². The molecule has 0 unspecified atom stereocenters. The van der Waals surface area contributed by atoms with E-state index < -0.39 is 5.97 Å². The first-order valence-corrected chi connectivity index (χ1v) is 6.09. The van der Waals surface area contributed by atoms with Gasteiger partial charge in [-0.1, -0.05) is 57.9 Å². The van der Waals surface area contributed by atoms with E-state index in [2.05, 4.69) is 6.58 Å². The molecule has 0 bridgehead atoms. The third kappa shape index (κ3) is 4.50. The minimum atomic E-state index is -0.981. The lowest BCUT2D eigenvalue weighted by molar-refractivity contribution is -0.131. The number of hydrogen-bond donors (Lipinski definition) is 1. The molecule has 15 heavy (non-hydrogen) atoms. The van der Waals surface area contributed by atoms with Crippen molar-refractivity contribution in [1.82, 2.24) is 0 Å². The van der Waals surface area contributed by atoms with Crippen molar-refractivity contribution in [1.29, 1.82) is 0 Å². The van der Waals surface area contributed by atoms with Crippen LogP contribution in [0.3, 0.4) is 0 Å². The number of carbonyl (C=O) groups is 1. The molecule has 1 N–H and O–H groups in total. The summed E-state index contributed by atoms with van der Waals surface area (Å²) in [4.78, 5) is 9.25. The first-order chi connectivity index (χ1) is 7.24. The van der Waals surface area contributed by atoms with Crippen LogP contribution in [0.4, 0.5) is 0 Å². The third-order valence-corrected chi connectivity index (χ3v) is 3.64. The molecular weight excluding hydrogens is 188 g/mol. The van der Waals surface area contributed by atoms with Crippen LogP contribution in [0.15, 0.2) is 12.7 Å². The fraction of sp³-hybridized carbons (Fsp3) is 0.769. The van der Waals surface area contributed by atoms with Crippen LogP contribution in [0, 0.1) is 11.8 Å². The zero-order valence-corrected chi connectivity index (χ0v) is 9.45. The molecule has 2 nitrogen and oxygen atoms in total. The molecular formula is C13H22O2. The molecule has 0 heterocycles. The smallest absolute Gasteiger partial charge is 0.327 e. The van der Waals surface area contributed by atoms with Crippen molar-refractivity contribution in [2.45, 2.75) is 51.4 Å². The standard InChI is InChI=1S/C10H18.C3H4O2/c1-2-6-9(5-1)10-7-3-4-8-10;1-2-3(4)5/h9-10H,1-8H2;2H,1H2,(H,4,5). The Hall–Kier alpha value is -0.790. The van der Waals surface area contributed by atoms with E-state index in [1.165, 1.54) is 25.7 Å². The average Bonchev–Trinajstić information content (AvgIpc) is 2.90. The first-order valence-electron chi connectivity index (χ1n) is 6.09. The quantitative estimate of drug-likeness (QED) is 0.707. The van der Waals surface area contributed by atoms with Gasteiger partial charge < -0.3 is 5.11 Å². The van der Waals surface area contributed by atoms with E-state index in [4.69, 9.17) is 5.11 Å². The van der Waals surface area contributed by atoms with Gasteiger partial charge in [-0.3, -0.25) is 0 Å². The van der Waals surface area contributed by atoms with Crippen molar-refractivity contribution in [2.75, 3.05) is 0 Å². The summed E-state index contributed by atoms with van der Waals surface area (Å²) in [5, 5.41) is 7.60. The fourth-order valence-corrected chi connectivity index (χ4v) is 2.86. The average molecular weight is 210 g/mol. The molecule has 2 rings (SSSR count). The molecule has 2 heteroatoms. The topological polar surface area (TPSA) is 37.3 Å². The van der Waals surface area contributed by atoms with Gasteiger partial charge in [0, 0.05) is 6.08 Å². The second kappa shape index (κ2) is 6.65. The summed E-state index contributed by atoms with van der Waals surface area (Å²) in [5.74, 6) is 1.33. The number of carboxylic acids is 1. The van der Waals surface area contributed by atoms with Gasteiger partial charge in [-0.2, -0.15) is 0 Å². The van der Waals surface area contributed by atoms with Crippen molar-refractivity contribution in [3.05, 3.63) is 12.7 Å². The molecule has 2 aliphatic carbocycles. The molecule has 0 amide bonds. The molecule has 2 aliphatic rings. The van der Waals surface area contributed by atoms with E-state index in [0.29, 0.717) is 0 Å². The van der Waals surface area contributed by atoms with Gasteiger partial charge in [0.1, 0.15) is 0 Å². The van der Waals surface area contributed by atoms with E-state index in [-0.39, 0.29) is 0 Å². The molecule has 0 aromatic rings. The highest BCUT2D eigenvalue weighted by molar-refractivity contribution is 5.78. The highest BCUT2D eigenvalue weighted by Gasteiger charge is 2.26. The maximum absolute atomic E-state index is 9.25. The van der Waals surface area contributed by atoms with Gasteiger partial charge in [0.15, 0.2) is 0 Å². The van der Waals surface area contributed by atoms with Crippen molar-refractivity contribution in [2.24, 2.45) is 11.8 Å². The summed E-state index contributed by atoms with van der Waals surface area (Å²) in [6.45, 7) is 2.96. The lowest BCUT2D eigenvalue weighted by Crippen LogP contribution is -2.06. The summed E-state index contributed by atoms with van der Waals surface area (Å²) in [7, 11) is 0. The van der Waals surface area contributed by atoms with Gasteiger partial charge in [-0.05, 0) is 11.8 Å². The molecule has 2 fully saturated rings. The summed E-state index contributed by atoms with van der Waals surface area (Å²) in [6.07, 6.45) is 13.2. The Morgan fingerprint density at radius 3 is 1.47 bits per heavy atom. The van der Waals surface area contributed by atoms with Gasteiger partial charge >= 0.3 is 5.97 Å². The maximum Gasteiger partial charge on any atom is 0.327 e. The number of rotatable bonds is 2. The van der Waals surface area contributed by atoms with E-state index in [9.17, 15) is 4.79 Å². The zero-order valence-electron chi connectivity index (χ0n) is 9.45. The second-order valence-electron chi connectivity index (χ2n) is 4.63. The molecule has 0 aromatic heterocycles. The largest absolute Gasteiger partial charge is 0.478 e. The van der Waals surface area contributed by atoms with Crippen LogP contribution < -0.4 is 0 Å². The number of hydrogen-bond acceptors (Lipinski definition) is 1. The SMILES string of the molecule is C1CCC(C2CCCC2)C1.C=CC(=O)O.